The molecule has 0 fully saturated rings. The molecule has 0 aliphatic rings. The molecule has 0 heterocycles. The van der Waals surface area contributed by atoms with E-state index in [4.69, 9.17) is 16.7 Å². The highest BCUT2D eigenvalue weighted by Crippen LogP contribution is 2.27. The summed E-state index contributed by atoms with van der Waals surface area (Å²) in [6.07, 6.45) is 1.46. The number of allylic oxidation sites excluding steroid dienone is 1. The lowest BCUT2D eigenvalue weighted by molar-refractivity contribution is -0.132. The van der Waals surface area contributed by atoms with Crippen molar-refractivity contribution >= 4 is 23.4 Å². The van der Waals surface area contributed by atoms with Crippen LogP contribution < -0.4 is 0 Å². The lowest BCUT2D eigenvalue weighted by Crippen LogP contribution is -2.14. The van der Waals surface area contributed by atoms with E-state index < -0.39 is 39.5 Å². The van der Waals surface area contributed by atoms with E-state index in [0.717, 1.165) is 12.1 Å². The summed E-state index contributed by atoms with van der Waals surface area (Å²) in [5.41, 5.74) is -1.38. The Bertz CT molecular complexity index is 580. The van der Waals surface area contributed by atoms with Crippen molar-refractivity contribution in [3.05, 3.63) is 45.5 Å². The van der Waals surface area contributed by atoms with Crippen LogP contribution in [0.2, 0.25) is 5.02 Å². The van der Waals surface area contributed by atoms with E-state index in [-0.39, 0.29) is 5.56 Å². The van der Waals surface area contributed by atoms with E-state index in [1.165, 1.54) is 6.92 Å². The zero-order valence-corrected chi connectivity index (χ0v) is 11.0. The number of hydrogen-bond donors (Lipinski definition) is 1. The van der Waals surface area contributed by atoms with Crippen LogP contribution in [0.3, 0.4) is 0 Å². The minimum Gasteiger partial charge on any atom is -0.478 e. The number of carbonyl (C=O) groups excluding carboxylic acids is 1. The van der Waals surface area contributed by atoms with Gasteiger partial charge in [0, 0.05) is 11.1 Å². The highest BCUT2D eigenvalue weighted by atomic mass is 35.5. The topological polar surface area (TPSA) is 54.4 Å². The molecule has 0 bridgehead atoms. The third kappa shape index (κ3) is 2.98. The summed E-state index contributed by atoms with van der Waals surface area (Å²) in [6.45, 7) is 2.80. The molecule has 19 heavy (non-hydrogen) atoms. The second kappa shape index (κ2) is 5.93. The molecule has 0 unspecified atom stereocenters. The number of carboxylic acids is 1. The molecule has 102 valence electrons. The van der Waals surface area contributed by atoms with Crippen molar-refractivity contribution in [2.75, 3.05) is 0 Å². The average molecular weight is 289 g/mol. The van der Waals surface area contributed by atoms with Crippen molar-refractivity contribution < 1.29 is 23.5 Å². The van der Waals surface area contributed by atoms with E-state index in [1.807, 2.05) is 0 Å². The molecule has 3 nitrogen and oxygen atoms in total. The lowest BCUT2D eigenvalue weighted by Gasteiger charge is -2.08. The maximum atomic E-state index is 13.6. The van der Waals surface area contributed by atoms with E-state index in [9.17, 15) is 18.4 Å². The molecular formula is C13H11ClF2O3. The maximum Gasteiger partial charge on any atom is 0.339 e. The van der Waals surface area contributed by atoms with Gasteiger partial charge in [0.1, 0.15) is 17.2 Å². The van der Waals surface area contributed by atoms with E-state index in [2.05, 4.69) is 0 Å². The molecule has 0 aromatic heterocycles. The molecule has 1 aromatic rings. The van der Waals surface area contributed by atoms with Gasteiger partial charge < -0.3 is 5.11 Å². The van der Waals surface area contributed by atoms with E-state index in [1.54, 1.807) is 6.92 Å². The molecule has 0 aliphatic carbocycles. The van der Waals surface area contributed by atoms with Crippen molar-refractivity contribution in [3.8, 4) is 0 Å². The average Bonchev–Trinajstić information content (AvgIpc) is 2.36. The molecule has 0 spiro atoms. The van der Waals surface area contributed by atoms with Crippen LogP contribution in [0, 0.1) is 18.6 Å². The third-order valence-corrected chi connectivity index (χ3v) is 2.89. The van der Waals surface area contributed by atoms with Gasteiger partial charge in [-0.25, -0.2) is 13.6 Å². The molecule has 0 aliphatic heterocycles. The van der Waals surface area contributed by atoms with Gasteiger partial charge in [-0.15, -0.1) is 0 Å². The lowest BCUT2D eigenvalue weighted by atomic mass is 10.0. The Hall–Kier alpha value is -1.75. The molecule has 1 rings (SSSR count). The number of Topliss-reactive ketones (excluding diaryl/α,β-unsaturated/α-hetero) is 1. The Morgan fingerprint density at radius 2 is 2.00 bits per heavy atom. The molecule has 0 amide bonds. The van der Waals surface area contributed by atoms with Crippen LogP contribution in [0.15, 0.2) is 17.7 Å². The zero-order chi connectivity index (χ0) is 14.7. The van der Waals surface area contributed by atoms with Crippen molar-refractivity contribution in [2.45, 2.75) is 20.3 Å². The summed E-state index contributed by atoms with van der Waals surface area (Å²) in [5, 5.41) is 8.32. The molecule has 0 atom stereocenters. The van der Waals surface area contributed by atoms with Gasteiger partial charge in [-0.1, -0.05) is 24.6 Å². The quantitative estimate of drug-likeness (QED) is 0.303. The van der Waals surface area contributed by atoms with Gasteiger partial charge in [0.2, 0.25) is 5.78 Å². The molecule has 0 radical (unpaired) electrons. The van der Waals surface area contributed by atoms with Gasteiger partial charge in [-0.3, -0.25) is 4.79 Å². The maximum absolute atomic E-state index is 13.6. The van der Waals surface area contributed by atoms with Crippen LogP contribution in [-0.2, 0) is 4.79 Å². The number of ketones is 1. The van der Waals surface area contributed by atoms with Crippen LogP contribution in [0.25, 0.3) is 0 Å². The van der Waals surface area contributed by atoms with Gasteiger partial charge in [-0.2, -0.15) is 0 Å². The number of aliphatic carboxylic acids is 1. The van der Waals surface area contributed by atoms with Crippen molar-refractivity contribution in [1.82, 2.24) is 0 Å². The van der Waals surface area contributed by atoms with Gasteiger partial charge in [0.25, 0.3) is 0 Å². The zero-order valence-electron chi connectivity index (χ0n) is 10.3. The predicted octanol–water partition coefficient (Wildman–Crippen LogP) is 3.53. The first-order chi connectivity index (χ1) is 8.81. The molecule has 1 N–H and O–H groups in total. The predicted molar refractivity (Wildman–Crippen MR) is 66.4 cm³/mol. The number of carbonyl (C=O) groups is 2. The highest BCUT2D eigenvalue weighted by molar-refractivity contribution is 6.37. The number of benzene rings is 1. The fourth-order valence-electron chi connectivity index (χ4n) is 1.48. The largest absolute Gasteiger partial charge is 0.478 e. The summed E-state index contributed by atoms with van der Waals surface area (Å²) < 4.78 is 27.0. The van der Waals surface area contributed by atoms with E-state index >= 15 is 0 Å². The fraction of sp³-hybridized carbons (Fsp3) is 0.231. The Balaban J connectivity index is 3.43. The minimum absolute atomic E-state index is 0.293. The first kappa shape index (κ1) is 15.3. The monoisotopic (exact) mass is 288 g/mol. The number of carboxylic acid groups (broad SMARTS) is 1. The van der Waals surface area contributed by atoms with Gasteiger partial charge in [0.05, 0.1) is 5.02 Å². The third-order valence-electron chi connectivity index (χ3n) is 2.52. The summed E-state index contributed by atoms with van der Waals surface area (Å²) in [6, 6.07) is 0.746. The Morgan fingerprint density at radius 3 is 2.47 bits per heavy atom. The Kier molecular flexibility index (Phi) is 4.78. The fourth-order valence-corrected chi connectivity index (χ4v) is 1.76. The van der Waals surface area contributed by atoms with Crippen molar-refractivity contribution in [3.63, 3.8) is 0 Å². The van der Waals surface area contributed by atoms with Gasteiger partial charge >= 0.3 is 5.97 Å². The molecule has 0 saturated heterocycles. The normalized spacial score (nSPS) is 11.5. The second-order valence-electron chi connectivity index (χ2n) is 3.82. The smallest absolute Gasteiger partial charge is 0.339 e. The SMILES string of the molecule is CCC=C(C(=O)O)C(=O)c1cc(F)c(C)c(F)c1Cl. The Labute approximate surface area is 113 Å². The molecule has 6 heteroatoms. The second-order valence-corrected chi connectivity index (χ2v) is 4.20. The van der Waals surface area contributed by atoms with Crippen LogP contribution in [-0.4, -0.2) is 16.9 Å². The summed E-state index contributed by atoms with van der Waals surface area (Å²) in [7, 11) is 0. The molecule has 1 aromatic carbocycles. The van der Waals surface area contributed by atoms with Crippen LogP contribution in [0.5, 0.6) is 0 Å². The van der Waals surface area contributed by atoms with Crippen molar-refractivity contribution in [1.29, 1.82) is 0 Å². The first-order valence-corrected chi connectivity index (χ1v) is 5.81. The summed E-state index contributed by atoms with van der Waals surface area (Å²) in [4.78, 5) is 22.9. The number of rotatable bonds is 4. The van der Waals surface area contributed by atoms with Crippen molar-refractivity contribution in [2.24, 2.45) is 0 Å². The summed E-state index contributed by atoms with van der Waals surface area (Å²) in [5.74, 6) is -4.50. The molecule has 0 saturated carbocycles. The standard InChI is InChI=1S/C13H11ClF2O3/c1-3-4-7(13(18)19)12(17)8-5-9(15)6(2)11(16)10(8)14/h4-5H,3H2,1-2H3,(H,18,19). The van der Waals surface area contributed by atoms with E-state index in [0.29, 0.717) is 6.42 Å². The van der Waals surface area contributed by atoms with Gasteiger partial charge in [0.15, 0.2) is 0 Å². The number of hydrogen-bond acceptors (Lipinski definition) is 2. The molecular weight excluding hydrogens is 278 g/mol. The Morgan fingerprint density at radius 1 is 1.42 bits per heavy atom. The minimum atomic E-state index is -1.47. The summed E-state index contributed by atoms with van der Waals surface area (Å²) >= 11 is 5.63. The van der Waals surface area contributed by atoms with Crippen LogP contribution >= 0.6 is 11.6 Å². The number of halogens is 3. The van der Waals surface area contributed by atoms with Crippen LogP contribution in [0.1, 0.15) is 29.3 Å². The van der Waals surface area contributed by atoms with Gasteiger partial charge in [-0.05, 0) is 19.4 Å². The first-order valence-electron chi connectivity index (χ1n) is 5.43. The van der Waals surface area contributed by atoms with Crippen LogP contribution in [0.4, 0.5) is 8.78 Å². The highest BCUT2D eigenvalue weighted by Gasteiger charge is 2.24.